The molecule has 0 fully saturated rings. The molecule has 0 aliphatic heterocycles. The Kier molecular flexibility index (Phi) is 6.29. The molecule has 2 amide bonds. The molecule has 0 saturated heterocycles. The highest BCUT2D eigenvalue weighted by Crippen LogP contribution is 2.25. The number of hydrogen-bond donors (Lipinski definition) is 2. The van der Waals surface area contributed by atoms with Crippen molar-refractivity contribution in [1.82, 2.24) is 4.90 Å². The molecule has 2 N–H and O–H groups in total. The molecule has 0 unspecified atom stereocenters. The van der Waals surface area contributed by atoms with Crippen LogP contribution in [-0.4, -0.2) is 34.4 Å². The minimum absolute atomic E-state index is 0.220. The fourth-order valence-electron chi connectivity index (χ4n) is 2.41. The van der Waals surface area contributed by atoms with E-state index >= 15 is 0 Å². The first kappa shape index (κ1) is 18.4. The minimum Gasteiger partial charge on any atom is -0.389 e. The number of anilines is 1. The van der Waals surface area contributed by atoms with Crippen LogP contribution in [0.3, 0.4) is 0 Å². The molecule has 0 aliphatic rings. The molecule has 4 nitrogen and oxygen atoms in total. The van der Waals surface area contributed by atoms with Gasteiger partial charge >= 0.3 is 6.03 Å². The number of carbonyl (C=O) groups excluding carboxylic acids is 1. The van der Waals surface area contributed by atoms with Crippen LogP contribution in [-0.2, 0) is 6.54 Å². The van der Waals surface area contributed by atoms with Gasteiger partial charge in [0.25, 0.3) is 0 Å². The summed E-state index contributed by atoms with van der Waals surface area (Å²) in [6, 6.07) is 17.2. The second-order valence-electron chi connectivity index (χ2n) is 6.28. The summed E-state index contributed by atoms with van der Waals surface area (Å²) >= 11 is 1.58. The summed E-state index contributed by atoms with van der Waals surface area (Å²) in [5.74, 6) is 0. The van der Waals surface area contributed by atoms with E-state index in [4.69, 9.17) is 0 Å². The van der Waals surface area contributed by atoms with Crippen molar-refractivity contribution in [2.75, 3.05) is 18.1 Å². The molecule has 2 rings (SSSR count). The fraction of sp³-hybridized carbons (Fsp3) is 0.316. The monoisotopic (exact) mass is 344 g/mol. The summed E-state index contributed by atoms with van der Waals surface area (Å²) in [4.78, 5) is 15.4. The van der Waals surface area contributed by atoms with E-state index in [2.05, 4.69) is 5.32 Å². The molecular formula is C19H24N2O2S. The van der Waals surface area contributed by atoms with Crippen LogP contribution in [0.5, 0.6) is 0 Å². The highest BCUT2D eigenvalue weighted by Gasteiger charge is 2.23. The molecule has 0 saturated carbocycles. The van der Waals surface area contributed by atoms with E-state index < -0.39 is 5.60 Å². The summed E-state index contributed by atoms with van der Waals surface area (Å²) in [7, 11) is 0. The van der Waals surface area contributed by atoms with Crippen molar-refractivity contribution in [1.29, 1.82) is 0 Å². The Morgan fingerprint density at radius 1 is 1.12 bits per heavy atom. The number of para-hydroxylation sites is 1. The van der Waals surface area contributed by atoms with Crippen molar-refractivity contribution >= 4 is 23.5 Å². The third-order valence-corrected chi connectivity index (χ3v) is 4.23. The van der Waals surface area contributed by atoms with Gasteiger partial charge < -0.3 is 15.3 Å². The molecule has 5 heteroatoms. The summed E-state index contributed by atoms with van der Waals surface area (Å²) in [5.41, 5.74) is 0.837. The topological polar surface area (TPSA) is 52.6 Å². The molecule has 24 heavy (non-hydrogen) atoms. The smallest absolute Gasteiger partial charge is 0.322 e. The Morgan fingerprint density at radius 3 is 2.38 bits per heavy atom. The summed E-state index contributed by atoms with van der Waals surface area (Å²) < 4.78 is 0. The average molecular weight is 344 g/mol. The molecule has 0 atom stereocenters. The highest BCUT2D eigenvalue weighted by atomic mass is 32.2. The maximum Gasteiger partial charge on any atom is 0.322 e. The van der Waals surface area contributed by atoms with E-state index in [1.807, 2.05) is 60.9 Å². The van der Waals surface area contributed by atoms with E-state index in [0.29, 0.717) is 6.54 Å². The maximum atomic E-state index is 12.8. The van der Waals surface area contributed by atoms with Gasteiger partial charge in [0.05, 0.1) is 17.8 Å². The molecule has 0 heterocycles. The molecule has 0 aromatic heterocycles. The SMILES string of the molecule is CSc1ccccc1NC(=O)N(Cc1ccccc1)CC(C)(C)O. The van der Waals surface area contributed by atoms with Crippen LogP contribution in [0.1, 0.15) is 19.4 Å². The predicted octanol–water partition coefficient (Wildman–Crippen LogP) is 4.21. The van der Waals surface area contributed by atoms with Gasteiger partial charge in [0.15, 0.2) is 0 Å². The lowest BCUT2D eigenvalue weighted by atomic mass is 10.1. The van der Waals surface area contributed by atoms with E-state index in [1.165, 1.54) is 0 Å². The lowest BCUT2D eigenvalue weighted by Crippen LogP contribution is -2.43. The first-order valence-electron chi connectivity index (χ1n) is 7.84. The number of benzene rings is 2. The van der Waals surface area contributed by atoms with E-state index in [0.717, 1.165) is 16.1 Å². The zero-order valence-electron chi connectivity index (χ0n) is 14.3. The average Bonchev–Trinajstić information content (AvgIpc) is 2.54. The van der Waals surface area contributed by atoms with E-state index in [1.54, 1.807) is 30.5 Å². The number of thioether (sulfide) groups is 1. The number of nitrogens with one attached hydrogen (secondary N) is 1. The van der Waals surface area contributed by atoms with Crippen LogP contribution in [0.4, 0.5) is 10.5 Å². The number of rotatable bonds is 6. The van der Waals surface area contributed by atoms with Crippen LogP contribution in [0.2, 0.25) is 0 Å². The van der Waals surface area contributed by atoms with Crippen LogP contribution in [0.15, 0.2) is 59.5 Å². The van der Waals surface area contributed by atoms with Gasteiger partial charge in [-0.3, -0.25) is 0 Å². The Morgan fingerprint density at radius 2 is 1.75 bits per heavy atom. The zero-order valence-corrected chi connectivity index (χ0v) is 15.1. The normalized spacial score (nSPS) is 11.2. The molecule has 0 aliphatic carbocycles. The van der Waals surface area contributed by atoms with Crippen molar-refractivity contribution in [3.63, 3.8) is 0 Å². The molecule has 0 spiro atoms. The van der Waals surface area contributed by atoms with Crippen LogP contribution >= 0.6 is 11.8 Å². The number of nitrogens with zero attached hydrogens (tertiary/aromatic N) is 1. The van der Waals surface area contributed by atoms with E-state index in [-0.39, 0.29) is 12.6 Å². The van der Waals surface area contributed by atoms with Crippen LogP contribution < -0.4 is 5.32 Å². The largest absolute Gasteiger partial charge is 0.389 e. The Bertz CT molecular complexity index is 669. The summed E-state index contributed by atoms with van der Waals surface area (Å²) in [6.45, 7) is 4.09. The van der Waals surface area contributed by atoms with Gasteiger partial charge in [-0.2, -0.15) is 0 Å². The van der Waals surface area contributed by atoms with Gasteiger partial charge in [-0.05, 0) is 37.8 Å². The Hall–Kier alpha value is -1.98. The highest BCUT2D eigenvalue weighted by molar-refractivity contribution is 7.98. The first-order valence-corrected chi connectivity index (χ1v) is 9.07. The number of urea groups is 1. The van der Waals surface area contributed by atoms with Crippen molar-refractivity contribution in [2.45, 2.75) is 30.9 Å². The third kappa shape index (κ3) is 5.58. The first-order chi connectivity index (χ1) is 11.4. The minimum atomic E-state index is -0.967. The molecule has 0 radical (unpaired) electrons. The Balaban J connectivity index is 2.17. The van der Waals surface area contributed by atoms with E-state index in [9.17, 15) is 9.90 Å². The summed E-state index contributed by atoms with van der Waals surface area (Å²) in [6.07, 6.45) is 1.98. The molecular weight excluding hydrogens is 320 g/mol. The molecule has 2 aromatic rings. The van der Waals surface area contributed by atoms with Crippen molar-refractivity contribution < 1.29 is 9.90 Å². The molecule has 2 aromatic carbocycles. The zero-order chi connectivity index (χ0) is 17.6. The van der Waals surface area contributed by atoms with Gasteiger partial charge in [0.1, 0.15) is 0 Å². The van der Waals surface area contributed by atoms with Crippen molar-refractivity contribution in [2.24, 2.45) is 0 Å². The van der Waals surface area contributed by atoms with Crippen molar-refractivity contribution in [3.05, 3.63) is 60.2 Å². The second-order valence-corrected chi connectivity index (χ2v) is 7.13. The lowest BCUT2D eigenvalue weighted by molar-refractivity contribution is 0.0469. The quantitative estimate of drug-likeness (QED) is 0.772. The predicted molar refractivity (Wildman–Crippen MR) is 100 cm³/mol. The van der Waals surface area contributed by atoms with Crippen LogP contribution in [0, 0.1) is 0 Å². The number of carbonyl (C=O) groups is 1. The maximum absolute atomic E-state index is 12.8. The van der Waals surface area contributed by atoms with Gasteiger partial charge in [-0.25, -0.2) is 4.79 Å². The third-order valence-electron chi connectivity index (χ3n) is 3.43. The number of aliphatic hydroxyl groups is 1. The summed E-state index contributed by atoms with van der Waals surface area (Å²) in [5, 5.41) is 13.1. The number of hydrogen-bond acceptors (Lipinski definition) is 3. The fourth-order valence-corrected chi connectivity index (χ4v) is 2.97. The molecule has 128 valence electrons. The molecule has 0 bridgehead atoms. The second kappa shape index (κ2) is 8.22. The van der Waals surface area contributed by atoms with Crippen molar-refractivity contribution in [3.8, 4) is 0 Å². The van der Waals surface area contributed by atoms with Gasteiger partial charge in [0.2, 0.25) is 0 Å². The van der Waals surface area contributed by atoms with Crippen LogP contribution in [0.25, 0.3) is 0 Å². The standard InChI is InChI=1S/C19H24N2O2S/c1-19(2,23)14-21(13-15-9-5-4-6-10-15)18(22)20-16-11-7-8-12-17(16)24-3/h4-12,23H,13-14H2,1-3H3,(H,20,22). The number of amides is 2. The lowest BCUT2D eigenvalue weighted by Gasteiger charge is -2.29. The Labute approximate surface area is 147 Å². The van der Waals surface area contributed by atoms with Gasteiger partial charge in [-0.1, -0.05) is 42.5 Å². The van der Waals surface area contributed by atoms with Gasteiger partial charge in [0, 0.05) is 11.4 Å². The van der Waals surface area contributed by atoms with Gasteiger partial charge in [-0.15, -0.1) is 11.8 Å².